The SMILES string of the molecule is CC(C)CCC(=O)NC(CNC(=O)COC1CC(CNc2ccccn2)N(C(=O)O)C1)C(=O)O. The molecule has 0 spiro atoms. The molecule has 1 fully saturated rings. The third-order valence-corrected chi connectivity index (χ3v) is 5.34. The topological polar surface area (TPSA) is 170 Å². The van der Waals surface area contributed by atoms with Crippen molar-refractivity contribution in [2.45, 2.75) is 51.3 Å². The molecule has 0 saturated carbocycles. The van der Waals surface area contributed by atoms with E-state index in [2.05, 4.69) is 20.9 Å². The Bertz CT molecular complexity index is 836. The number of aromatic nitrogens is 1. The number of likely N-dealkylation sites (tertiary alicyclic amines) is 1. The quantitative estimate of drug-likeness (QED) is 0.274. The highest BCUT2D eigenvalue weighted by Crippen LogP contribution is 2.21. The summed E-state index contributed by atoms with van der Waals surface area (Å²) in [5, 5.41) is 26.7. The molecule has 3 atom stereocenters. The molecule has 1 aliphatic rings. The van der Waals surface area contributed by atoms with Crippen molar-refractivity contribution in [3.05, 3.63) is 24.4 Å². The molecule has 34 heavy (non-hydrogen) atoms. The number of carboxylic acid groups (broad SMARTS) is 2. The van der Waals surface area contributed by atoms with Crippen molar-refractivity contribution in [2.75, 3.05) is 31.6 Å². The number of aliphatic carboxylic acids is 1. The molecule has 12 heteroatoms. The summed E-state index contributed by atoms with van der Waals surface area (Å²) >= 11 is 0. The number of anilines is 1. The Labute approximate surface area is 198 Å². The summed E-state index contributed by atoms with van der Waals surface area (Å²) in [7, 11) is 0. The number of hydrogen-bond acceptors (Lipinski definition) is 7. The lowest BCUT2D eigenvalue weighted by Crippen LogP contribution is -2.49. The van der Waals surface area contributed by atoms with Gasteiger partial charge >= 0.3 is 12.1 Å². The first-order valence-electron chi connectivity index (χ1n) is 11.2. The Morgan fingerprint density at radius 2 is 1.97 bits per heavy atom. The van der Waals surface area contributed by atoms with Crippen molar-refractivity contribution in [2.24, 2.45) is 5.92 Å². The Balaban J connectivity index is 1.76. The number of nitrogens with one attached hydrogen (secondary N) is 3. The number of amides is 3. The maximum Gasteiger partial charge on any atom is 0.407 e. The fourth-order valence-corrected chi connectivity index (χ4v) is 3.46. The maximum absolute atomic E-state index is 12.1. The molecule has 188 valence electrons. The van der Waals surface area contributed by atoms with E-state index in [1.807, 2.05) is 19.9 Å². The van der Waals surface area contributed by atoms with Crippen LogP contribution < -0.4 is 16.0 Å². The molecule has 3 amide bonds. The summed E-state index contributed by atoms with van der Waals surface area (Å²) in [5.41, 5.74) is 0. The number of hydrogen-bond donors (Lipinski definition) is 5. The molecular formula is C22H33N5O7. The van der Waals surface area contributed by atoms with Crippen LogP contribution in [0.15, 0.2) is 24.4 Å². The number of rotatable bonds is 13. The predicted molar refractivity (Wildman–Crippen MR) is 122 cm³/mol. The molecule has 5 N–H and O–H groups in total. The largest absolute Gasteiger partial charge is 0.480 e. The second-order valence-corrected chi connectivity index (χ2v) is 8.55. The lowest BCUT2D eigenvalue weighted by molar-refractivity contribution is -0.142. The molecule has 1 aromatic heterocycles. The van der Waals surface area contributed by atoms with Crippen LogP contribution in [0.2, 0.25) is 0 Å². The Hall–Kier alpha value is -3.41. The number of ether oxygens (including phenoxy) is 1. The first kappa shape index (κ1) is 26.8. The van der Waals surface area contributed by atoms with Crippen LogP contribution >= 0.6 is 0 Å². The summed E-state index contributed by atoms with van der Waals surface area (Å²) in [6.45, 7) is 3.73. The smallest absolute Gasteiger partial charge is 0.407 e. The van der Waals surface area contributed by atoms with Crippen LogP contribution in [0, 0.1) is 5.92 Å². The molecular weight excluding hydrogens is 446 g/mol. The fraction of sp³-hybridized carbons (Fsp3) is 0.591. The van der Waals surface area contributed by atoms with Crippen molar-refractivity contribution in [1.29, 1.82) is 0 Å². The van der Waals surface area contributed by atoms with E-state index in [0.29, 0.717) is 31.1 Å². The van der Waals surface area contributed by atoms with Gasteiger partial charge < -0.3 is 35.8 Å². The van der Waals surface area contributed by atoms with E-state index < -0.39 is 36.0 Å². The molecule has 0 radical (unpaired) electrons. The van der Waals surface area contributed by atoms with Gasteiger partial charge in [-0.05, 0) is 30.9 Å². The molecule has 1 saturated heterocycles. The highest BCUT2D eigenvalue weighted by Gasteiger charge is 2.36. The van der Waals surface area contributed by atoms with Gasteiger partial charge in [-0.3, -0.25) is 9.59 Å². The van der Waals surface area contributed by atoms with Gasteiger partial charge in [-0.25, -0.2) is 14.6 Å². The Kier molecular flexibility index (Phi) is 10.5. The Morgan fingerprint density at radius 1 is 1.21 bits per heavy atom. The zero-order chi connectivity index (χ0) is 25.1. The molecule has 3 unspecified atom stereocenters. The van der Waals surface area contributed by atoms with Crippen molar-refractivity contribution in [1.82, 2.24) is 20.5 Å². The minimum absolute atomic E-state index is 0.112. The van der Waals surface area contributed by atoms with Gasteiger partial charge in [0.05, 0.1) is 18.7 Å². The second kappa shape index (κ2) is 13.3. The van der Waals surface area contributed by atoms with Gasteiger partial charge in [0.25, 0.3) is 0 Å². The van der Waals surface area contributed by atoms with Crippen LogP contribution in [0.4, 0.5) is 10.6 Å². The van der Waals surface area contributed by atoms with Gasteiger partial charge in [-0.2, -0.15) is 0 Å². The van der Waals surface area contributed by atoms with Crippen LogP contribution in [-0.4, -0.2) is 88.4 Å². The lowest BCUT2D eigenvalue weighted by atomic mass is 10.1. The number of carbonyl (C=O) groups excluding carboxylic acids is 2. The van der Waals surface area contributed by atoms with Crippen molar-refractivity contribution >= 4 is 29.7 Å². The first-order chi connectivity index (χ1) is 16.2. The minimum atomic E-state index is -1.25. The summed E-state index contributed by atoms with van der Waals surface area (Å²) < 4.78 is 5.57. The van der Waals surface area contributed by atoms with E-state index in [-0.39, 0.29) is 32.2 Å². The number of pyridine rings is 1. The van der Waals surface area contributed by atoms with E-state index in [9.17, 15) is 29.4 Å². The molecule has 0 aromatic carbocycles. The minimum Gasteiger partial charge on any atom is -0.480 e. The van der Waals surface area contributed by atoms with Crippen LogP contribution in [0.3, 0.4) is 0 Å². The average molecular weight is 480 g/mol. The third-order valence-electron chi connectivity index (χ3n) is 5.34. The fourth-order valence-electron chi connectivity index (χ4n) is 3.46. The first-order valence-corrected chi connectivity index (χ1v) is 11.2. The van der Waals surface area contributed by atoms with Gasteiger partial charge in [0.2, 0.25) is 11.8 Å². The van der Waals surface area contributed by atoms with E-state index in [1.54, 1.807) is 18.3 Å². The molecule has 1 aromatic rings. The van der Waals surface area contributed by atoms with Crippen LogP contribution in [0.1, 0.15) is 33.1 Å². The van der Waals surface area contributed by atoms with E-state index in [0.717, 1.165) is 0 Å². The average Bonchev–Trinajstić information content (AvgIpc) is 3.21. The second-order valence-electron chi connectivity index (χ2n) is 8.55. The van der Waals surface area contributed by atoms with Crippen LogP contribution in [-0.2, 0) is 19.1 Å². The van der Waals surface area contributed by atoms with Crippen molar-refractivity contribution in [3.8, 4) is 0 Å². The highest BCUT2D eigenvalue weighted by atomic mass is 16.5. The van der Waals surface area contributed by atoms with Gasteiger partial charge in [-0.1, -0.05) is 19.9 Å². The summed E-state index contributed by atoms with van der Waals surface area (Å²) in [6, 6.07) is 3.76. The Morgan fingerprint density at radius 3 is 2.59 bits per heavy atom. The van der Waals surface area contributed by atoms with Crippen molar-refractivity contribution < 1.29 is 34.1 Å². The van der Waals surface area contributed by atoms with Gasteiger partial charge in [0, 0.05) is 25.7 Å². The number of carbonyl (C=O) groups is 4. The molecule has 0 bridgehead atoms. The number of nitrogens with zero attached hydrogens (tertiary/aromatic N) is 2. The molecule has 1 aliphatic heterocycles. The van der Waals surface area contributed by atoms with Crippen LogP contribution in [0.5, 0.6) is 0 Å². The van der Waals surface area contributed by atoms with Crippen molar-refractivity contribution in [3.63, 3.8) is 0 Å². The van der Waals surface area contributed by atoms with E-state index in [4.69, 9.17) is 4.74 Å². The number of carboxylic acids is 1. The zero-order valence-corrected chi connectivity index (χ0v) is 19.4. The van der Waals surface area contributed by atoms with E-state index in [1.165, 1.54) is 4.90 Å². The molecule has 2 rings (SSSR count). The standard InChI is InChI=1S/C22H33N5O7/c1-14(2)6-7-19(28)26-17(21(30)31)11-25-20(29)13-34-16-9-15(27(12-16)22(32)33)10-24-18-5-3-4-8-23-18/h3-5,8,14-17H,6-7,9-13H2,1-2H3,(H,23,24)(H,25,29)(H,26,28)(H,30,31)(H,32,33). The molecule has 12 nitrogen and oxygen atoms in total. The summed E-state index contributed by atoms with van der Waals surface area (Å²) in [4.78, 5) is 52.4. The predicted octanol–water partition coefficient (Wildman–Crippen LogP) is 0.753. The monoisotopic (exact) mass is 479 g/mol. The molecule has 2 heterocycles. The maximum atomic E-state index is 12.1. The van der Waals surface area contributed by atoms with Crippen LogP contribution in [0.25, 0.3) is 0 Å². The van der Waals surface area contributed by atoms with Gasteiger partial charge in [-0.15, -0.1) is 0 Å². The third kappa shape index (κ3) is 9.22. The van der Waals surface area contributed by atoms with Gasteiger partial charge in [0.15, 0.2) is 0 Å². The summed E-state index contributed by atoms with van der Waals surface area (Å²) in [6.07, 6.45) is 1.29. The molecule has 0 aliphatic carbocycles. The van der Waals surface area contributed by atoms with E-state index >= 15 is 0 Å². The normalized spacial score (nSPS) is 18.4. The highest BCUT2D eigenvalue weighted by molar-refractivity contribution is 5.84. The van der Waals surface area contributed by atoms with Gasteiger partial charge in [0.1, 0.15) is 18.5 Å². The lowest BCUT2D eigenvalue weighted by Gasteiger charge is -2.21. The summed E-state index contributed by atoms with van der Waals surface area (Å²) in [5.74, 6) is -1.27. The zero-order valence-electron chi connectivity index (χ0n) is 19.4.